The van der Waals surface area contributed by atoms with Crippen LogP contribution in [0, 0.1) is 17.8 Å². The summed E-state index contributed by atoms with van der Waals surface area (Å²) in [6.07, 6.45) is -2.83. The van der Waals surface area contributed by atoms with E-state index < -0.39 is 150 Å². The van der Waals surface area contributed by atoms with Gasteiger partial charge in [-0.1, -0.05) is 83.5 Å². The molecule has 0 unspecified atom stereocenters. The molecular weight excluding hydrogens is 1010 g/mol. The van der Waals surface area contributed by atoms with Crippen LogP contribution in [0.3, 0.4) is 0 Å². The molecule has 3 heterocycles. The molecule has 0 aromatic heterocycles. The number of benzene rings is 2. The van der Waals surface area contributed by atoms with Gasteiger partial charge in [-0.3, -0.25) is 38.4 Å². The van der Waals surface area contributed by atoms with Gasteiger partial charge in [0.05, 0.1) is 18.1 Å². The molecule has 5 rings (SSSR count). The summed E-state index contributed by atoms with van der Waals surface area (Å²) in [7, 11) is 1.30. The van der Waals surface area contributed by atoms with Crippen LogP contribution in [0.4, 0.5) is 0 Å². The number of nitrogens with one attached hydrogen (secondary N) is 7. The van der Waals surface area contributed by atoms with Crippen molar-refractivity contribution in [2.24, 2.45) is 23.5 Å². The van der Waals surface area contributed by atoms with E-state index in [4.69, 9.17) is 19.9 Å². The van der Waals surface area contributed by atoms with Crippen LogP contribution in [0.2, 0.25) is 0 Å². The van der Waals surface area contributed by atoms with Gasteiger partial charge in [-0.05, 0) is 81.5 Å². The Morgan fingerprint density at radius 2 is 1.49 bits per heavy atom. The zero-order chi connectivity index (χ0) is 58.0. The Labute approximate surface area is 454 Å². The van der Waals surface area contributed by atoms with E-state index in [0.29, 0.717) is 25.1 Å². The third-order valence-electron chi connectivity index (χ3n) is 13.9. The molecular formula is C54H79N9O15. The Hall–Kier alpha value is -6.99. The molecule has 0 spiro atoms. The van der Waals surface area contributed by atoms with E-state index in [1.807, 2.05) is 0 Å². The third kappa shape index (κ3) is 17.8. The number of rotatable bonds is 14. The monoisotopic (exact) mass is 1090 g/mol. The summed E-state index contributed by atoms with van der Waals surface area (Å²) in [6.45, 7) is 10.9. The van der Waals surface area contributed by atoms with Crippen LogP contribution in [0.5, 0.6) is 5.75 Å². The van der Waals surface area contributed by atoms with Gasteiger partial charge in [-0.15, -0.1) is 0 Å². The van der Waals surface area contributed by atoms with Crippen LogP contribution >= 0.6 is 0 Å². The van der Waals surface area contributed by atoms with Gasteiger partial charge in [0.1, 0.15) is 66.9 Å². The highest BCUT2D eigenvalue weighted by molar-refractivity contribution is 5.98. The highest BCUT2D eigenvalue weighted by Gasteiger charge is 2.42. The van der Waals surface area contributed by atoms with E-state index in [1.165, 1.54) is 65.1 Å². The van der Waals surface area contributed by atoms with E-state index in [2.05, 4.69) is 37.2 Å². The Morgan fingerprint density at radius 3 is 2.10 bits per heavy atom. The van der Waals surface area contributed by atoms with Crippen molar-refractivity contribution in [2.45, 2.75) is 141 Å². The smallest absolute Gasteiger partial charge is 0.332 e. The number of carbonyl (C=O) groups is 9. The number of nitrogens with two attached hydrogens (primary N) is 1. The average Bonchev–Trinajstić information content (AvgIpc) is 3.42. The quantitative estimate of drug-likeness (QED) is 0.0761. The lowest BCUT2D eigenvalue weighted by Crippen LogP contribution is -2.61. The first kappa shape index (κ1) is 63.5. The number of hydrogen-bond donors (Lipinski definition) is 11. The van der Waals surface area contributed by atoms with Crippen molar-refractivity contribution in [1.29, 1.82) is 0 Å². The summed E-state index contributed by atoms with van der Waals surface area (Å²) in [5, 5.41) is 52.1. The first-order valence-electron chi connectivity index (χ1n) is 26.2. The number of esters is 2. The summed E-state index contributed by atoms with van der Waals surface area (Å²) in [4.78, 5) is 129. The normalized spacial score (nSPS) is 27.6. The van der Waals surface area contributed by atoms with Crippen molar-refractivity contribution >= 4 is 53.3 Å². The van der Waals surface area contributed by atoms with Crippen molar-refractivity contribution < 1.29 is 72.7 Å². The molecule has 7 amide bonds. The zero-order valence-corrected chi connectivity index (χ0v) is 45.8. The van der Waals surface area contributed by atoms with Gasteiger partial charge in [-0.2, -0.15) is 0 Å². The molecule has 78 heavy (non-hydrogen) atoms. The molecule has 430 valence electrons. The highest BCUT2D eigenvalue weighted by Crippen LogP contribution is 2.26. The van der Waals surface area contributed by atoms with Crippen LogP contribution in [-0.2, 0) is 59.0 Å². The topological polar surface area (TPSA) is 355 Å². The summed E-state index contributed by atoms with van der Waals surface area (Å²) in [5.41, 5.74) is 4.49. The van der Waals surface area contributed by atoms with Gasteiger partial charge in [0.25, 0.3) is 0 Å². The Bertz CT molecular complexity index is 2430. The summed E-state index contributed by atoms with van der Waals surface area (Å²) in [5.74, 6) is -11.3. The standard InChI is InChI=1S/C54H79N9O15/c1-10-30(4)42-49(70)62-45-36-17-19-37(20-18-36)78-34(8)54(75,28-56-24-14-23-55)22-21-40(65)57-26-41(66)76-27-38(53(74)77-33(7)44(51(72)59-42)61-47(68)31(5)46(67)29(2)3)58-50(71)43(32(6)64)60-48(69)39(63(9)52(45)73)25-35-15-12-11-13-16-35/h11-13,15-22,29-34,38-39,42-46,56,64,67,75H,10,14,23-28,55H2,1-9H3,(H,57,65)(H,58,71)(H,59,72)(H,60,69)(H,61,68)(H,62,70)/b22-21+/t30-,31+,32+,33+,34+,38-,39-,42+,43+,44-,45-,46+,54-/m0/s1. The number of aliphatic hydroxyl groups excluding tert-OH is 2. The minimum Gasteiger partial charge on any atom is -0.487 e. The molecule has 0 aliphatic carbocycles. The number of cyclic esters (lactones) is 1. The largest absolute Gasteiger partial charge is 0.487 e. The molecule has 12 N–H and O–H groups in total. The number of hydrogen-bond acceptors (Lipinski definition) is 17. The van der Waals surface area contributed by atoms with Crippen LogP contribution in [-0.4, -0.2) is 174 Å². The SMILES string of the molecule is CC[C@H](C)[C@H]1NC(=O)[C@@H](NC(=O)[C@H](C)[C@H](O)C(C)C)[C@@H](C)OC(=O)[C@@H]2COC(=O)CNC(=O)/C=C/[C@](O)(CNCCCN)[C@@H](C)Oc3ccc(cc3)[C@H](NC1=O)C(=O)N(C)[C@@H](Cc1ccccc1)C(=O)N[C@H]([C@@H](C)O)C(=O)N2. The second-order valence-electron chi connectivity index (χ2n) is 20.3. The third-order valence-corrected chi connectivity index (χ3v) is 13.9. The number of nitrogens with zero attached hydrogens (tertiary/aromatic N) is 1. The van der Waals surface area contributed by atoms with Crippen molar-refractivity contribution in [3.8, 4) is 5.75 Å². The van der Waals surface area contributed by atoms with E-state index in [0.717, 1.165) is 11.0 Å². The van der Waals surface area contributed by atoms with Crippen molar-refractivity contribution in [1.82, 2.24) is 42.1 Å². The summed E-state index contributed by atoms with van der Waals surface area (Å²) >= 11 is 0. The van der Waals surface area contributed by atoms with Gasteiger partial charge in [-0.25, -0.2) is 4.79 Å². The Balaban J connectivity index is 2.02. The molecule has 1 fully saturated rings. The zero-order valence-electron chi connectivity index (χ0n) is 45.8. The molecule has 3 aliphatic heterocycles. The molecule has 3 aliphatic rings. The van der Waals surface area contributed by atoms with Gasteiger partial charge in [0.15, 0.2) is 6.04 Å². The van der Waals surface area contributed by atoms with Crippen LogP contribution < -0.4 is 47.7 Å². The average molecular weight is 1090 g/mol. The van der Waals surface area contributed by atoms with Gasteiger partial charge < -0.3 is 77.4 Å². The van der Waals surface area contributed by atoms with E-state index in [1.54, 1.807) is 58.0 Å². The van der Waals surface area contributed by atoms with Gasteiger partial charge in [0, 0.05) is 26.1 Å². The number of ether oxygens (including phenoxy) is 3. The summed E-state index contributed by atoms with van der Waals surface area (Å²) in [6, 6.07) is 4.14. The minimum absolute atomic E-state index is 0.135. The lowest BCUT2D eigenvalue weighted by molar-refractivity contribution is -0.160. The van der Waals surface area contributed by atoms with Crippen LogP contribution in [0.15, 0.2) is 66.7 Å². The van der Waals surface area contributed by atoms with Gasteiger partial charge in [0.2, 0.25) is 41.4 Å². The fourth-order valence-electron chi connectivity index (χ4n) is 8.46. The molecule has 2 aromatic rings. The maximum Gasteiger partial charge on any atom is 0.332 e. The van der Waals surface area contributed by atoms with E-state index in [-0.39, 0.29) is 30.7 Å². The summed E-state index contributed by atoms with van der Waals surface area (Å²) < 4.78 is 17.3. The molecule has 0 saturated carbocycles. The van der Waals surface area contributed by atoms with Crippen molar-refractivity contribution in [3.05, 3.63) is 77.9 Å². The predicted molar refractivity (Wildman–Crippen MR) is 283 cm³/mol. The number of likely N-dealkylation sites (N-methyl/N-ethyl adjacent to an activating group) is 1. The second kappa shape index (κ2) is 29.7. The highest BCUT2D eigenvalue weighted by atomic mass is 16.6. The lowest BCUT2D eigenvalue weighted by atomic mass is 9.93. The molecule has 1 saturated heterocycles. The van der Waals surface area contributed by atoms with Crippen LogP contribution in [0.1, 0.15) is 85.4 Å². The number of carbonyl (C=O) groups excluding carboxylic acids is 9. The second-order valence-corrected chi connectivity index (χ2v) is 20.3. The molecule has 24 heteroatoms. The Morgan fingerprint density at radius 1 is 0.846 bits per heavy atom. The molecule has 24 nitrogen and oxygen atoms in total. The molecule has 0 radical (unpaired) electrons. The molecule has 13 atom stereocenters. The minimum atomic E-state index is -1.98. The maximum atomic E-state index is 15.3. The first-order chi connectivity index (χ1) is 36.8. The molecule has 2 aromatic carbocycles. The fourth-order valence-corrected chi connectivity index (χ4v) is 8.46. The molecule has 4 bridgehead atoms. The lowest BCUT2D eigenvalue weighted by Gasteiger charge is -2.34. The van der Waals surface area contributed by atoms with Crippen molar-refractivity contribution in [2.75, 3.05) is 39.8 Å². The fraction of sp³-hybridized carbons (Fsp3) is 0.574. The number of amides is 7. The Kier molecular flexibility index (Phi) is 24.2. The first-order valence-corrected chi connectivity index (χ1v) is 26.2. The van der Waals surface area contributed by atoms with E-state index >= 15 is 4.79 Å². The van der Waals surface area contributed by atoms with Gasteiger partial charge >= 0.3 is 11.9 Å². The van der Waals surface area contributed by atoms with E-state index in [9.17, 15) is 53.7 Å². The predicted octanol–water partition coefficient (Wildman–Crippen LogP) is -1.46. The number of fused-ring (bicyclic) bond motifs is 11. The number of aliphatic hydroxyl groups is 3. The van der Waals surface area contributed by atoms with Crippen LogP contribution in [0.25, 0.3) is 0 Å². The maximum absolute atomic E-state index is 15.3. The van der Waals surface area contributed by atoms with Crippen molar-refractivity contribution in [3.63, 3.8) is 0 Å².